The molecule has 2 aromatic carbocycles. The zero-order chi connectivity index (χ0) is 21.9. The van der Waals surface area contributed by atoms with Gasteiger partial charge in [0.15, 0.2) is 0 Å². The van der Waals surface area contributed by atoms with Crippen LogP contribution in [-0.2, 0) is 19.1 Å². The molecule has 160 valence electrons. The lowest BCUT2D eigenvalue weighted by molar-refractivity contribution is -0.142. The highest BCUT2D eigenvalue weighted by atomic mass is 16.6. The Morgan fingerprint density at radius 1 is 0.867 bits per heavy atom. The van der Waals surface area contributed by atoms with Crippen molar-refractivity contribution in [1.82, 2.24) is 0 Å². The zero-order valence-corrected chi connectivity index (χ0v) is 16.4. The fourth-order valence-corrected chi connectivity index (χ4v) is 2.40. The van der Waals surface area contributed by atoms with Crippen LogP contribution in [0.1, 0.15) is 0 Å². The first-order chi connectivity index (χ1) is 14.4. The van der Waals surface area contributed by atoms with E-state index in [0.717, 1.165) is 22.9 Å². The van der Waals surface area contributed by atoms with Crippen molar-refractivity contribution in [2.24, 2.45) is 0 Å². The largest absolute Gasteiger partial charge is 0.491 e. The molecule has 2 unspecified atom stereocenters. The van der Waals surface area contributed by atoms with Crippen LogP contribution in [0.4, 0.5) is 0 Å². The van der Waals surface area contributed by atoms with E-state index in [4.69, 9.17) is 18.9 Å². The molecular weight excluding hydrogens is 392 g/mol. The van der Waals surface area contributed by atoms with Crippen molar-refractivity contribution in [3.8, 4) is 11.5 Å². The number of hydrogen-bond acceptors (Lipinski definition) is 8. The topological polar surface area (TPSA) is 112 Å². The molecule has 2 rings (SSSR count). The second-order valence-electron chi connectivity index (χ2n) is 6.24. The average molecular weight is 416 g/mol. The molecular formula is C22H24O8. The summed E-state index contributed by atoms with van der Waals surface area (Å²) in [6, 6.07) is 10.7. The molecule has 0 aliphatic carbocycles. The molecule has 0 spiro atoms. The fourth-order valence-electron chi connectivity index (χ4n) is 2.40. The average Bonchev–Trinajstić information content (AvgIpc) is 2.77. The van der Waals surface area contributed by atoms with Crippen LogP contribution in [0, 0.1) is 0 Å². The van der Waals surface area contributed by atoms with Gasteiger partial charge in [-0.2, -0.15) is 0 Å². The number of ether oxygens (including phenoxy) is 4. The summed E-state index contributed by atoms with van der Waals surface area (Å²) in [6.45, 7) is 6.05. The maximum Gasteiger partial charge on any atom is 0.330 e. The van der Waals surface area contributed by atoms with Gasteiger partial charge < -0.3 is 29.2 Å². The zero-order valence-electron chi connectivity index (χ0n) is 16.4. The summed E-state index contributed by atoms with van der Waals surface area (Å²) in [5.74, 6) is -0.165. The molecule has 0 aliphatic rings. The first-order valence-electron chi connectivity index (χ1n) is 9.15. The Morgan fingerprint density at radius 3 is 2.07 bits per heavy atom. The Hall–Kier alpha value is -3.36. The minimum Gasteiger partial charge on any atom is -0.491 e. The monoisotopic (exact) mass is 416 g/mol. The highest BCUT2D eigenvalue weighted by molar-refractivity contribution is 5.89. The third-order valence-corrected chi connectivity index (χ3v) is 3.85. The minimum absolute atomic E-state index is 0.0538. The number of fused-ring (bicyclic) bond motifs is 1. The van der Waals surface area contributed by atoms with Crippen LogP contribution in [-0.4, -0.2) is 60.8 Å². The number of aliphatic hydroxyl groups is 2. The van der Waals surface area contributed by atoms with Gasteiger partial charge in [0.05, 0.1) is 0 Å². The molecule has 0 aliphatic heterocycles. The molecule has 0 radical (unpaired) electrons. The standard InChI is InChI=1S/C22H24O8/c1-3-21(25)29-13-16(23)11-27-18-8-9-19-15(10-18)6-5-7-20(19)28-12-17(24)14-30-22(26)4-2/h3-10,16-17,23-24H,1-2,11-14H2. The molecule has 2 aromatic rings. The number of benzene rings is 2. The lowest BCUT2D eigenvalue weighted by Gasteiger charge is -2.15. The van der Waals surface area contributed by atoms with E-state index in [0.29, 0.717) is 11.5 Å². The van der Waals surface area contributed by atoms with Gasteiger partial charge in [0.2, 0.25) is 0 Å². The summed E-state index contributed by atoms with van der Waals surface area (Å²) in [4.78, 5) is 22.0. The van der Waals surface area contributed by atoms with E-state index in [1.165, 1.54) is 0 Å². The van der Waals surface area contributed by atoms with E-state index < -0.39 is 24.1 Å². The van der Waals surface area contributed by atoms with Crippen LogP contribution in [0.2, 0.25) is 0 Å². The van der Waals surface area contributed by atoms with Crippen molar-refractivity contribution in [1.29, 1.82) is 0 Å². The lowest BCUT2D eigenvalue weighted by atomic mass is 10.1. The van der Waals surface area contributed by atoms with Crippen LogP contribution in [0.5, 0.6) is 11.5 Å². The van der Waals surface area contributed by atoms with Gasteiger partial charge in [-0.25, -0.2) is 9.59 Å². The number of hydrogen-bond donors (Lipinski definition) is 2. The maximum atomic E-state index is 11.0. The molecule has 8 nitrogen and oxygen atoms in total. The van der Waals surface area contributed by atoms with E-state index in [9.17, 15) is 19.8 Å². The van der Waals surface area contributed by atoms with Gasteiger partial charge in [-0.3, -0.25) is 0 Å². The normalized spacial score (nSPS) is 12.5. The molecule has 8 heteroatoms. The van der Waals surface area contributed by atoms with Crippen molar-refractivity contribution in [3.63, 3.8) is 0 Å². The molecule has 0 saturated carbocycles. The first kappa shape index (κ1) is 22.9. The maximum absolute atomic E-state index is 11.0. The summed E-state index contributed by atoms with van der Waals surface area (Å²) in [5, 5.41) is 21.3. The first-order valence-corrected chi connectivity index (χ1v) is 9.15. The van der Waals surface area contributed by atoms with Gasteiger partial charge >= 0.3 is 11.9 Å². The summed E-state index contributed by atoms with van der Waals surface area (Å²) >= 11 is 0. The highest BCUT2D eigenvalue weighted by Crippen LogP contribution is 2.29. The van der Waals surface area contributed by atoms with Crippen LogP contribution < -0.4 is 9.47 Å². The van der Waals surface area contributed by atoms with Crippen LogP contribution >= 0.6 is 0 Å². The summed E-state index contributed by atoms with van der Waals surface area (Å²) in [5.41, 5.74) is 0. The molecule has 0 fully saturated rings. The van der Waals surface area contributed by atoms with Crippen molar-refractivity contribution < 1.29 is 38.7 Å². The number of aliphatic hydroxyl groups excluding tert-OH is 2. The molecule has 0 saturated heterocycles. The minimum atomic E-state index is -0.983. The Labute approximate surface area is 173 Å². The predicted octanol–water partition coefficient (Wildman–Crippen LogP) is 1.78. The van der Waals surface area contributed by atoms with E-state index in [2.05, 4.69) is 13.2 Å². The smallest absolute Gasteiger partial charge is 0.330 e. The molecule has 2 atom stereocenters. The lowest BCUT2D eigenvalue weighted by Crippen LogP contribution is -2.25. The molecule has 0 aromatic heterocycles. The highest BCUT2D eigenvalue weighted by Gasteiger charge is 2.11. The predicted molar refractivity (Wildman–Crippen MR) is 109 cm³/mol. The Balaban J connectivity index is 1.93. The van der Waals surface area contributed by atoms with Crippen molar-refractivity contribution in [3.05, 3.63) is 61.7 Å². The third kappa shape index (κ3) is 7.23. The summed E-state index contributed by atoms with van der Waals surface area (Å²) < 4.78 is 20.7. The number of rotatable bonds is 12. The second kappa shape index (κ2) is 11.6. The fraction of sp³-hybridized carbons (Fsp3) is 0.273. The van der Waals surface area contributed by atoms with Gasteiger partial charge in [-0.1, -0.05) is 25.3 Å². The van der Waals surface area contributed by atoms with Gasteiger partial charge in [-0.05, 0) is 29.7 Å². The van der Waals surface area contributed by atoms with Crippen molar-refractivity contribution in [2.45, 2.75) is 12.2 Å². The molecule has 0 amide bonds. The van der Waals surface area contributed by atoms with Crippen LogP contribution in [0.3, 0.4) is 0 Å². The van der Waals surface area contributed by atoms with Crippen LogP contribution in [0.25, 0.3) is 10.8 Å². The van der Waals surface area contributed by atoms with E-state index in [-0.39, 0.29) is 26.4 Å². The van der Waals surface area contributed by atoms with E-state index in [1.807, 2.05) is 6.07 Å². The van der Waals surface area contributed by atoms with Crippen LogP contribution in [0.15, 0.2) is 61.7 Å². The summed E-state index contributed by atoms with van der Waals surface area (Å²) in [7, 11) is 0. The number of carbonyl (C=O) groups is 2. The van der Waals surface area contributed by atoms with E-state index in [1.54, 1.807) is 30.3 Å². The Kier molecular flexibility index (Phi) is 8.86. The van der Waals surface area contributed by atoms with Gasteiger partial charge in [-0.15, -0.1) is 0 Å². The third-order valence-electron chi connectivity index (χ3n) is 3.85. The van der Waals surface area contributed by atoms with Crippen molar-refractivity contribution in [2.75, 3.05) is 26.4 Å². The molecule has 0 heterocycles. The van der Waals surface area contributed by atoms with Gasteiger partial charge in [0.1, 0.15) is 50.1 Å². The van der Waals surface area contributed by atoms with Gasteiger partial charge in [0, 0.05) is 17.5 Å². The van der Waals surface area contributed by atoms with Gasteiger partial charge in [0.25, 0.3) is 0 Å². The molecule has 30 heavy (non-hydrogen) atoms. The SMILES string of the molecule is C=CC(=O)OCC(O)COc1ccc2c(OCC(O)COC(=O)C=C)cccc2c1. The molecule has 2 N–H and O–H groups in total. The number of esters is 2. The Morgan fingerprint density at radius 2 is 1.47 bits per heavy atom. The summed E-state index contributed by atoms with van der Waals surface area (Å²) in [6.07, 6.45) is 0.0770. The Bertz CT molecular complexity index is 892. The number of carbonyl (C=O) groups excluding carboxylic acids is 2. The molecule has 0 bridgehead atoms. The van der Waals surface area contributed by atoms with Crippen molar-refractivity contribution >= 4 is 22.7 Å². The quantitative estimate of drug-likeness (QED) is 0.398. The van der Waals surface area contributed by atoms with E-state index >= 15 is 0 Å². The second-order valence-corrected chi connectivity index (χ2v) is 6.24.